The molecule has 1 nitrogen and oxygen atoms in total. The number of halogens is 2. The summed E-state index contributed by atoms with van der Waals surface area (Å²) >= 11 is 11.1. The van der Waals surface area contributed by atoms with E-state index in [9.17, 15) is 0 Å². The Bertz CT molecular complexity index is 360. The van der Waals surface area contributed by atoms with Crippen LogP contribution in [0, 0.1) is 11.8 Å². The zero-order chi connectivity index (χ0) is 13.0. The molecule has 0 radical (unpaired) electrons. The van der Waals surface area contributed by atoms with Gasteiger partial charge < -0.3 is 5.32 Å². The molecule has 1 aromatic heterocycles. The Balaban J connectivity index is 1.63. The Morgan fingerprint density at radius 1 is 1.50 bits per heavy atom. The minimum atomic E-state index is 0.855. The lowest BCUT2D eigenvalue weighted by Gasteiger charge is -2.26. The Hall–Kier alpha value is 0.430. The topological polar surface area (TPSA) is 12.0 Å². The van der Waals surface area contributed by atoms with Crippen LogP contribution in [-0.2, 0) is 6.54 Å². The second-order valence-corrected chi connectivity index (χ2v) is 8.03. The molecule has 102 valence electrons. The molecule has 0 aromatic carbocycles. The van der Waals surface area contributed by atoms with Crippen LogP contribution in [0.25, 0.3) is 0 Å². The number of hydrogen-bond donors (Lipinski definition) is 1. The second kappa shape index (κ2) is 7.28. The molecular formula is C14H21BrClNS. The highest BCUT2D eigenvalue weighted by Gasteiger charge is 2.18. The van der Waals surface area contributed by atoms with Gasteiger partial charge >= 0.3 is 0 Å². The summed E-state index contributed by atoms with van der Waals surface area (Å²) < 4.78 is 1.87. The maximum Gasteiger partial charge on any atom is 0.107 e. The van der Waals surface area contributed by atoms with Gasteiger partial charge in [0.2, 0.25) is 0 Å². The second-order valence-electron chi connectivity index (χ2n) is 5.44. The normalized spacial score (nSPS) is 24.4. The number of thiophene rings is 1. The first kappa shape index (κ1) is 14.8. The van der Waals surface area contributed by atoms with Crippen molar-refractivity contribution in [2.45, 2.75) is 45.6 Å². The number of hydrogen-bond acceptors (Lipinski definition) is 2. The lowest BCUT2D eigenvalue weighted by molar-refractivity contribution is 0.267. The maximum atomic E-state index is 6.02. The lowest BCUT2D eigenvalue weighted by atomic mass is 9.81. The summed E-state index contributed by atoms with van der Waals surface area (Å²) in [5.74, 6) is 1.88. The summed E-state index contributed by atoms with van der Waals surface area (Å²) in [6.45, 7) is 4.47. The highest BCUT2D eigenvalue weighted by molar-refractivity contribution is 9.10. The molecule has 0 aliphatic heterocycles. The third kappa shape index (κ3) is 4.52. The van der Waals surface area contributed by atoms with Crippen molar-refractivity contribution in [3.05, 3.63) is 19.8 Å². The summed E-state index contributed by atoms with van der Waals surface area (Å²) in [5.41, 5.74) is 0. The van der Waals surface area contributed by atoms with E-state index >= 15 is 0 Å². The smallest absolute Gasteiger partial charge is 0.107 e. The maximum absolute atomic E-state index is 6.02. The zero-order valence-electron chi connectivity index (χ0n) is 10.8. The molecule has 1 N–H and O–H groups in total. The SMILES string of the molecule is CC1CCCC(CCNCc2cc(Br)c(Cl)s2)C1. The van der Waals surface area contributed by atoms with Crippen molar-refractivity contribution in [1.29, 1.82) is 0 Å². The molecule has 0 spiro atoms. The van der Waals surface area contributed by atoms with Crippen LogP contribution in [0.15, 0.2) is 10.5 Å². The van der Waals surface area contributed by atoms with Crippen molar-refractivity contribution in [2.24, 2.45) is 11.8 Å². The molecule has 2 unspecified atom stereocenters. The van der Waals surface area contributed by atoms with Crippen LogP contribution in [0.5, 0.6) is 0 Å². The monoisotopic (exact) mass is 349 g/mol. The summed E-state index contributed by atoms with van der Waals surface area (Å²) in [7, 11) is 0. The van der Waals surface area contributed by atoms with Crippen LogP contribution >= 0.6 is 38.9 Å². The van der Waals surface area contributed by atoms with Crippen LogP contribution in [0.2, 0.25) is 4.34 Å². The summed E-state index contributed by atoms with van der Waals surface area (Å²) in [6.07, 6.45) is 7.05. The number of nitrogens with one attached hydrogen (secondary N) is 1. The lowest BCUT2D eigenvalue weighted by Crippen LogP contribution is -2.20. The van der Waals surface area contributed by atoms with Gasteiger partial charge in [0.05, 0.1) is 0 Å². The Morgan fingerprint density at radius 2 is 2.33 bits per heavy atom. The summed E-state index contributed by atoms with van der Waals surface area (Å²) in [4.78, 5) is 1.31. The quantitative estimate of drug-likeness (QED) is 0.694. The summed E-state index contributed by atoms with van der Waals surface area (Å²) in [5, 5.41) is 3.54. The predicted octanol–water partition coefficient (Wildman–Crippen LogP) is 5.47. The Kier molecular flexibility index (Phi) is 5.99. The van der Waals surface area contributed by atoms with Crippen molar-refractivity contribution in [2.75, 3.05) is 6.54 Å². The van der Waals surface area contributed by atoms with E-state index in [2.05, 4.69) is 34.2 Å². The molecule has 0 amide bonds. The molecule has 2 atom stereocenters. The molecule has 0 saturated heterocycles. The van der Waals surface area contributed by atoms with E-state index < -0.39 is 0 Å². The van der Waals surface area contributed by atoms with Gasteiger partial charge in [-0.15, -0.1) is 11.3 Å². The molecule has 1 saturated carbocycles. The summed E-state index contributed by atoms with van der Waals surface area (Å²) in [6, 6.07) is 2.11. The third-order valence-electron chi connectivity index (χ3n) is 3.77. The van der Waals surface area contributed by atoms with Crippen molar-refractivity contribution < 1.29 is 0 Å². The first-order chi connectivity index (χ1) is 8.65. The van der Waals surface area contributed by atoms with Crippen LogP contribution < -0.4 is 5.32 Å². The van der Waals surface area contributed by atoms with Crippen molar-refractivity contribution in [1.82, 2.24) is 5.32 Å². The van der Waals surface area contributed by atoms with Gasteiger partial charge in [0, 0.05) is 15.9 Å². The van der Waals surface area contributed by atoms with Crippen molar-refractivity contribution in [3.8, 4) is 0 Å². The average molecular weight is 351 g/mol. The van der Waals surface area contributed by atoms with Gasteiger partial charge in [0.25, 0.3) is 0 Å². The minimum Gasteiger partial charge on any atom is -0.312 e. The zero-order valence-corrected chi connectivity index (χ0v) is 14.0. The molecule has 1 aliphatic carbocycles. The van der Waals surface area contributed by atoms with Gasteiger partial charge in [0.15, 0.2) is 0 Å². The largest absolute Gasteiger partial charge is 0.312 e. The van der Waals surface area contributed by atoms with E-state index in [1.807, 2.05) is 0 Å². The van der Waals surface area contributed by atoms with Gasteiger partial charge in [-0.2, -0.15) is 0 Å². The van der Waals surface area contributed by atoms with E-state index in [0.717, 1.165) is 33.7 Å². The van der Waals surface area contributed by atoms with E-state index in [4.69, 9.17) is 11.6 Å². The Morgan fingerprint density at radius 3 is 3.00 bits per heavy atom. The fourth-order valence-corrected chi connectivity index (χ4v) is 4.58. The van der Waals surface area contributed by atoms with Gasteiger partial charge in [-0.05, 0) is 53.2 Å². The molecular weight excluding hydrogens is 330 g/mol. The number of rotatable bonds is 5. The molecule has 1 aromatic rings. The predicted molar refractivity (Wildman–Crippen MR) is 84.5 cm³/mol. The van der Waals surface area contributed by atoms with Crippen LogP contribution in [-0.4, -0.2) is 6.54 Å². The van der Waals surface area contributed by atoms with E-state index in [1.54, 1.807) is 11.3 Å². The molecule has 1 fully saturated rings. The van der Waals surface area contributed by atoms with Gasteiger partial charge in [0.1, 0.15) is 4.34 Å². The van der Waals surface area contributed by atoms with Crippen LogP contribution in [0.3, 0.4) is 0 Å². The fourth-order valence-electron chi connectivity index (χ4n) is 2.82. The molecule has 18 heavy (non-hydrogen) atoms. The van der Waals surface area contributed by atoms with Crippen LogP contribution in [0.1, 0.15) is 43.9 Å². The molecule has 2 rings (SSSR count). The minimum absolute atomic E-state index is 0.855. The molecule has 1 aliphatic rings. The third-order valence-corrected chi connectivity index (χ3v) is 6.24. The highest BCUT2D eigenvalue weighted by atomic mass is 79.9. The first-order valence-electron chi connectivity index (χ1n) is 6.79. The molecule has 1 heterocycles. The van der Waals surface area contributed by atoms with E-state index in [-0.39, 0.29) is 0 Å². The standard InChI is InChI=1S/C14H21BrClNS/c1-10-3-2-4-11(7-10)5-6-17-9-12-8-13(15)14(16)18-12/h8,10-11,17H,2-7,9H2,1H3. The van der Waals surface area contributed by atoms with Gasteiger partial charge in [-0.3, -0.25) is 0 Å². The van der Waals surface area contributed by atoms with Gasteiger partial charge in [-0.25, -0.2) is 0 Å². The average Bonchev–Trinajstić information content (AvgIpc) is 2.65. The van der Waals surface area contributed by atoms with Crippen molar-refractivity contribution >= 4 is 38.9 Å². The Labute approximate surface area is 127 Å². The van der Waals surface area contributed by atoms with E-state index in [0.29, 0.717) is 0 Å². The molecule has 4 heteroatoms. The highest BCUT2D eigenvalue weighted by Crippen LogP contribution is 2.32. The van der Waals surface area contributed by atoms with Crippen molar-refractivity contribution in [3.63, 3.8) is 0 Å². The van der Waals surface area contributed by atoms with E-state index in [1.165, 1.54) is 37.0 Å². The molecule has 0 bridgehead atoms. The first-order valence-corrected chi connectivity index (χ1v) is 8.78. The van der Waals surface area contributed by atoms with Crippen LogP contribution in [0.4, 0.5) is 0 Å². The van der Waals surface area contributed by atoms with Gasteiger partial charge in [-0.1, -0.05) is 37.8 Å². The fraction of sp³-hybridized carbons (Fsp3) is 0.714.